The van der Waals surface area contributed by atoms with E-state index in [9.17, 15) is 0 Å². The van der Waals surface area contributed by atoms with Crippen LogP contribution >= 0.6 is 15.9 Å². The first kappa shape index (κ1) is 11.5. The normalized spacial score (nSPS) is 10.1. The molecule has 0 bridgehead atoms. The Hall–Kier alpha value is 0.545. The third-order valence-electron chi connectivity index (χ3n) is 2.40. The van der Waals surface area contributed by atoms with Gasteiger partial charge in [-0.1, -0.05) is 61.6 Å². The molecular formula is C9H20BBr. The fourth-order valence-corrected chi connectivity index (χ4v) is 1.80. The van der Waals surface area contributed by atoms with Gasteiger partial charge in [0, 0.05) is 5.33 Å². The van der Waals surface area contributed by atoms with E-state index in [0.717, 1.165) is 6.71 Å². The highest BCUT2D eigenvalue weighted by Crippen LogP contribution is 2.10. The molecule has 0 aromatic carbocycles. The van der Waals surface area contributed by atoms with Crippen LogP contribution in [-0.2, 0) is 0 Å². The monoisotopic (exact) mass is 218 g/mol. The van der Waals surface area contributed by atoms with Crippen LogP contribution in [0.15, 0.2) is 0 Å². The van der Waals surface area contributed by atoms with Gasteiger partial charge in [-0.2, -0.15) is 0 Å². The van der Waals surface area contributed by atoms with Crippen molar-refractivity contribution in [3.63, 3.8) is 0 Å². The van der Waals surface area contributed by atoms with Gasteiger partial charge in [0.1, 0.15) is 6.71 Å². The van der Waals surface area contributed by atoms with Crippen molar-refractivity contribution >= 4 is 22.6 Å². The Kier molecular flexibility index (Phi) is 9.07. The number of rotatable bonds is 7. The van der Waals surface area contributed by atoms with Gasteiger partial charge in [0.05, 0.1) is 0 Å². The van der Waals surface area contributed by atoms with Gasteiger partial charge in [0.15, 0.2) is 0 Å². The number of unbranched alkanes of at least 4 members (excludes halogenated alkanes) is 2. The highest BCUT2D eigenvalue weighted by atomic mass is 79.9. The first-order valence-electron chi connectivity index (χ1n) is 4.91. The number of alkyl halides is 1. The highest BCUT2D eigenvalue weighted by molar-refractivity contribution is 9.09. The predicted octanol–water partition coefficient (Wildman–Crippen LogP) is 4.09. The molecule has 0 aromatic rings. The van der Waals surface area contributed by atoms with Gasteiger partial charge < -0.3 is 0 Å². The quantitative estimate of drug-likeness (QED) is 0.343. The molecule has 0 amide bonds. The molecule has 0 spiro atoms. The molecule has 2 heteroatoms. The molecule has 0 saturated heterocycles. The van der Waals surface area contributed by atoms with E-state index in [1.165, 1.54) is 43.6 Å². The minimum Gasteiger partial charge on any atom is -0.0928 e. The minimum absolute atomic E-state index is 0.991. The molecule has 0 aliphatic heterocycles. The number of halogens is 1. The minimum atomic E-state index is 0.991. The van der Waals surface area contributed by atoms with Crippen LogP contribution in [0.5, 0.6) is 0 Å². The molecule has 11 heavy (non-hydrogen) atoms. The summed E-state index contributed by atoms with van der Waals surface area (Å²) in [5.41, 5.74) is 0. The molecule has 0 nitrogen and oxygen atoms in total. The SMILES string of the molecule is CCB(CC)CCCCCBr. The van der Waals surface area contributed by atoms with E-state index in [1.807, 2.05) is 0 Å². The number of hydrogen-bond donors (Lipinski definition) is 0. The van der Waals surface area contributed by atoms with E-state index < -0.39 is 0 Å². The zero-order chi connectivity index (χ0) is 8.53. The Morgan fingerprint density at radius 1 is 1.00 bits per heavy atom. The van der Waals surface area contributed by atoms with Crippen LogP contribution in [0.2, 0.25) is 19.0 Å². The van der Waals surface area contributed by atoms with Crippen molar-refractivity contribution in [1.29, 1.82) is 0 Å². The maximum atomic E-state index is 3.45. The van der Waals surface area contributed by atoms with Crippen molar-refractivity contribution < 1.29 is 0 Å². The van der Waals surface area contributed by atoms with Crippen LogP contribution in [0.4, 0.5) is 0 Å². The van der Waals surface area contributed by atoms with Crippen LogP contribution < -0.4 is 0 Å². The lowest BCUT2D eigenvalue weighted by molar-refractivity contribution is 0.773. The second-order valence-electron chi connectivity index (χ2n) is 3.22. The van der Waals surface area contributed by atoms with Gasteiger partial charge in [-0.05, 0) is 6.42 Å². The van der Waals surface area contributed by atoms with Gasteiger partial charge in [0.2, 0.25) is 0 Å². The first-order chi connectivity index (χ1) is 5.35. The van der Waals surface area contributed by atoms with Crippen molar-refractivity contribution in [3.05, 3.63) is 0 Å². The molecule has 0 aromatic heterocycles. The molecule has 0 radical (unpaired) electrons. The fraction of sp³-hybridized carbons (Fsp3) is 1.00. The summed E-state index contributed by atoms with van der Waals surface area (Å²) in [6.45, 7) is 5.60. The summed E-state index contributed by atoms with van der Waals surface area (Å²) in [5.74, 6) is 0. The van der Waals surface area contributed by atoms with Crippen molar-refractivity contribution in [2.24, 2.45) is 0 Å². The largest absolute Gasteiger partial charge is 0.139 e. The summed E-state index contributed by atoms with van der Waals surface area (Å²) in [6, 6.07) is 0. The van der Waals surface area contributed by atoms with Crippen molar-refractivity contribution in [3.8, 4) is 0 Å². The molecule has 0 unspecified atom stereocenters. The molecule has 66 valence electrons. The van der Waals surface area contributed by atoms with Crippen LogP contribution in [0.3, 0.4) is 0 Å². The first-order valence-corrected chi connectivity index (χ1v) is 6.03. The van der Waals surface area contributed by atoms with Gasteiger partial charge >= 0.3 is 0 Å². The Bertz CT molecular complexity index is 72.0. The van der Waals surface area contributed by atoms with E-state index >= 15 is 0 Å². The van der Waals surface area contributed by atoms with Gasteiger partial charge in [-0.15, -0.1) is 0 Å². The van der Waals surface area contributed by atoms with Crippen LogP contribution in [0.1, 0.15) is 33.1 Å². The average molecular weight is 219 g/mol. The van der Waals surface area contributed by atoms with Crippen molar-refractivity contribution in [2.45, 2.75) is 52.1 Å². The zero-order valence-electron chi connectivity index (χ0n) is 7.91. The molecule has 0 rings (SSSR count). The second-order valence-corrected chi connectivity index (χ2v) is 4.01. The lowest BCUT2D eigenvalue weighted by Gasteiger charge is -2.06. The average Bonchev–Trinajstić information content (AvgIpc) is 2.05. The molecular weight excluding hydrogens is 199 g/mol. The third kappa shape index (κ3) is 6.92. The molecule has 0 saturated carbocycles. The van der Waals surface area contributed by atoms with Gasteiger partial charge in [-0.25, -0.2) is 0 Å². The van der Waals surface area contributed by atoms with Crippen molar-refractivity contribution in [2.75, 3.05) is 5.33 Å². The topological polar surface area (TPSA) is 0 Å². The second kappa shape index (κ2) is 8.64. The van der Waals surface area contributed by atoms with E-state index in [4.69, 9.17) is 0 Å². The lowest BCUT2D eigenvalue weighted by Crippen LogP contribution is -2.07. The summed E-state index contributed by atoms with van der Waals surface area (Å²) in [7, 11) is 0. The summed E-state index contributed by atoms with van der Waals surface area (Å²) < 4.78 is 0. The summed E-state index contributed by atoms with van der Waals surface area (Å²) in [5, 5.41) is 1.18. The molecule has 0 atom stereocenters. The molecule has 0 heterocycles. The highest BCUT2D eigenvalue weighted by Gasteiger charge is 2.06. The molecule has 0 aliphatic rings. The smallest absolute Gasteiger partial charge is 0.0928 e. The van der Waals surface area contributed by atoms with Crippen molar-refractivity contribution in [1.82, 2.24) is 0 Å². The standard InChI is InChI=1S/C9H20BBr/c1-3-10(4-2)8-6-5-7-9-11/h3-9H2,1-2H3. The van der Waals surface area contributed by atoms with Crippen LogP contribution in [0.25, 0.3) is 0 Å². The van der Waals surface area contributed by atoms with Crippen LogP contribution in [-0.4, -0.2) is 12.0 Å². The van der Waals surface area contributed by atoms with E-state index in [0.29, 0.717) is 0 Å². The van der Waals surface area contributed by atoms with Gasteiger partial charge in [0.25, 0.3) is 0 Å². The third-order valence-corrected chi connectivity index (χ3v) is 2.96. The Labute approximate surface area is 80.3 Å². The lowest BCUT2D eigenvalue weighted by atomic mass is 9.43. The maximum absolute atomic E-state index is 3.45. The van der Waals surface area contributed by atoms with E-state index in [2.05, 4.69) is 29.8 Å². The zero-order valence-corrected chi connectivity index (χ0v) is 9.49. The fourth-order valence-electron chi connectivity index (χ4n) is 1.40. The molecule has 0 aliphatic carbocycles. The molecule has 0 N–H and O–H groups in total. The number of hydrogen-bond acceptors (Lipinski definition) is 0. The van der Waals surface area contributed by atoms with Gasteiger partial charge in [-0.3, -0.25) is 0 Å². The van der Waals surface area contributed by atoms with Crippen LogP contribution in [0, 0.1) is 0 Å². The Morgan fingerprint density at radius 3 is 2.09 bits per heavy atom. The Balaban J connectivity index is 3.07. The molecule has 0 fully saturated rings. The summed E-state index contributed by atoms with van der Waals surface area (Å²) in [6.07, 6.45) is 8.36. The summed E-state index contributed by atoms with van der Waals surface area (Å²) in [4.78, 5) is 0. The predicted molar refractivity (Wildman–Crippen MR) is 59.2 cm³/mol. The Morgan fingerprint density at radius 2 is 1.64 bits per heavy atom. The van der Waals surface area contributed by atoms with E-state index in [-0.39, 0.29) is 0 Å². The maximum Gasteiger partial charge on any atom is 0.139 e. The van der Waals surface area contributed by atoms with E-state index in [1.54, 1.807) is 0 Å². The summed E-state index contributed by atoms with van der Waals surface area (Å²) >= 11 is 3.45.